The molecule has 2 aromatic rings. The van der Waals surface area contributed by atoms with Crippen LogP contribution in [0.5, 0.6) is 0 Å². The first kappa shape index (κ1) is 16.2. The molecule has 0 radical (unpaired) electrons. The number of amides is 1. The van der Waals surface area contributed by atoms with Gasteiger partial charge in [-0.05, 0) is 43.2 Å². The summed E-state index contributed by atoms with van der Waals surface area (Å²) in [4.78, 5) is 12.3. The molecular weight excluding hydrogens is 300 g/mol. The van der Waals surface area contributed by atoms with Gasteiger partial charge in [-0.3, -0.25) is 4.79 Å². The third-order valence-electron chi connectivity index (χ3n) is 3.48. The van der Waals surface area contributed by atoms with Gasteiger partial charge in [-0.2, -0.15) is 0 Å². The first-order valence-electron chi connectivity index (χ1n) is 6.78. The van der Waals surface area contributed by atoms with E-state index in [0.29, 0.717) is 11.3 Å². The highest BCUT2D eigenvalue weighted by molar-refractivity contribution is 7.89. The molecule has 5 nitrogen and oxygen atoms in total. The monoisotopic (exact) mass is 318 g/mol. The van der Waals surface area contributed by atoms with Crippen LogP contribution < -0.4 is 10.5 Å². The molecular formula is C16H18N2O3S. The second-order valence-electron chi connectivity index (χ2n) is 5.14. The van der Waals surface area contributed by atoms with Crippen molar-refractivity contribution in [3.05, 3.63) is 59.7 Å². The topological polar surface area (TPSA) is 89.3 Å². The highest BCUT2D eigenvalue weighted by atomic mass is 32.2. The van der Waals surface area contributed by atoms with Crippen molar-refractivity contribution in [3.8, 4) is 0 Å². The van der Waals surface area contributed by atoms with Crippen LogP contribution in [0, 0.1) is 6.92 Å². The molecule has 1 atom stereocenters. The summed E-state index contributed by atoms with van der Waals surface area (Å²) < 4.78 is 22.6. The Bertz CT molecular complexity index is 786. The average molecular weight is 318 g/mol. The fourth-order valence-corrected chi connectivity index (χ4v) is 2.69. The minimum atomic E-state index is -3.74. The number of carbonyl (C=O) groups excluding carboxylic acids is 1. The lowest BCUT2D eigenvalue weighted by atomic mass is 10.0. The van der Waals surface area contributed by atoms with Gasteiger partial charge in [-0.25, -0.2) is 13.6 Å². The van der Waals surface area contributed by atoms with E-state index in [1.165, 1.54) is 12.1 Å². The number of aryl methyl sites for hydroxylation is 1. The highest BCUT2D eigenvalue weighted by Gasteiger charge is 2.16. The SMILES string of the molecule is Cc1cc(S(N)(=O)=O)ccc1NC(=O)[C@H](C)c1ccccc1. The van der Waals surface area contributed by atoms with Crippen LogP contribution in [0.25, 0.3) is 0 Å². The Balaban J connectivity index is 2.19. The summed E-state index contributed by atoms with van der Waals surface area (Å²) in [6, 6.07) is 13.8. The van der Waals surface area contributed by atoms with Crippen molar-refractivity contribution < 1.29 is 13.2 Å². The van der Waals surface area contributed by atoms with Gasteiger partial charge < -0.3 is 5.32 Å². The van der Waals surface area contributed by atoms with Crippen LogP contribution in [-0.2, 0) is 14.8 Å². The minimum Gasteiger partial charge on any atom is -0.325 e. The van der Waals surface area contributed by atoms with Crippen LogP contribution in [0.3, 0.4) is 0 Å². The van der Waals surface area contributed by atoms with Crippen LogP contribution in [-0.4, -0.2) is 14.3 Å². The summed E-state index contributed by atoms with van der Waals surface area (Å²) in [5.74, 6) is -0.462. The molecule has 0 aliphatic carbocycles. The molecule has 0 heterocycles. The van der Waals surface area contributed by atoms with Gasteiger partial charge in [0.2, 0.25) is 15.9 Å². The predicted molar refractivity (Wildman–Crippen MR) is 86.0 cm³/mol. The maximum atomic E-state index is 12.3. The lowest BCUT2D eigenvalue weighted by molar-refractivity contribution is -0.117. The van der Waals surface area contributed by atoms with Crippen LogP contribution in [0.2, 0.25) is 0 Å². The molecule has 6 heteroatoms. The van der Waals surface area contributed by atoms with Gasteiger partial charge in [-0.1, -0.05) is 30.3 Å². The van der Waals surface area contributed by atoms with Crippen molar-refractivity contribution >= 4 is 21.6 Å². The van der Waals surface area contributed by atoms with Gasteiger partial charge in [-0.15, -0.1) is 0 Å². The summed E-state index contributed by atoms with van der Waals surface area (Å²) in [5, 5.41) is 7.90. The lowest BCUT2D eigenvalue weighted by Crippen LogP contribution is -2.19. The van der Waals surface area contributed by atoms with E-state index in [9.17, 15) is 13.2 Å². The van der Waals surface area contributed by atoms with E-state index in [-0.39, 0.29) is 16.7 Å². The Morgan fingerprint density at radius 2 is 1.77 bits per heavy atom. The number of nitrogens with one attached hydrogen (secondary N) is 1. The third kappa shape index (κ3) is 3.72. The molecule has 3 N–H and O–H groups in total. The van der Waals surface area contributed by atoms with E-state index in [1.54, 1.807) is 13.0 Å². The van der Waals surface area contributed by atoms with Crippen LogP contribution in [0.4, 0.5) is 5.69 Å². The number of sulfonamides is 1. The van der Waals surface area contributed by atoms with E-state index in [1.807, 2.05) is 37.3 Å². The Kier molecular flexibility index (Phi) is 4.63. The molecule has 1 amide bonds. The number of primary sulfonamides is 1. The first-order valence-corrected chi connectivity index (χ1v) is 8.33. The minimum absolute atomic E-state index is 0.0270. The number of hydrogen-bond acceptors (Lipinski definition) is 3. The van der Waals surface area contributed by atoms with E-state index < -0.39 is 10.0 Å². The normalized spacial score (nSPS) is 12.7. The standard InChI is InChI=1S/C16H18N2O3S/c1-11-10-14(22(17,20)21)8-9-15(11)18-16(19)12(2)13-6-4-3-5-7-13/h3-10,12H,1-2H3,(H,18,19)(H2,17,20,21)/t12-/m1/s1. The van der Waals surface area contributed by atoms with Gasteiger partial charge in [0, 0.05) is 5.69 Å². The summed E-state index contributed by atoms with van der Waals surface area (Å²) >= 11 is 0. The summed E-state index contributed by atoms with van der Waals surface area (Å²) in [6.07, 6.45) is 0. The van der Waals surface area contributed by atoms with Gasteiger partial charge >= 0.3 is 0 Å². The van der Waals surface area contributed by atoms with Gasteiger partial charge in [0.05, 0.1) is 10.8 Å². The van der Waals surface area contributed by atoms with Gasteiger partial charge in [0.1, 0.15) is 0 Å². The van der Waals surface area contributed by atoms with Crippen molar-refractivity contribution in [3.63, 3.8) is 0 Å². The second kappa shape index (κ2) is 6.29. The molecule has 0 saturated carbocycles. The largest absolute Gasteiger partial charge is 0.325 e. The Morgan fingerprint density at radius 3 is 2.32 bits per heavy atom. The Morgan fingerprint density at radius 1 is 1.14 bits per heavy atom. The fraction of sp³-hybridized carbons (Fsp3) is 0.188. The zero-order chi connectivity index (χ0) is 16.3. The maximum Gasteiger partial charge on any atom is 0.238 e. The lowest BCUT2D eigenvalue weighted by Gasteiger charge is -2.14. The molecule has 2 rings (SSSR count). The molecule has 0 bridgehead atoms. The van der Waals surface area contributed by atoms with Gasteiger partial charge in [0.25, 0.3) is 0 Å². The van der Waals surface area contributed by atoms with Crippen LogP contribution >= 0.6 is 0 Å². The van der Waals surface area contributed by atoms with Crippen molar-refractivity contribution in [1.29, 1.82) is 0 Å². The number of anilines is 1. The Hall–Kier alpha value is -2.18. The predicted octanol–water partition coefficient (Wildman–Crippen LogP) is 2.38. The molecule has 0 aromatic heterocycles. The number of carbonyl (C=O) groups is 1. The number of nitrogens with two attached hydrogens (primary N) is 1. The fourth-order valence-electron chi connectivity index (χ4n) is 2.09. The van der Waals surface area contributed by atoms with Crippen molar-refractivity contribution in [2.75, 3.05) is 5.32 Å². The second-order valence-corrected chi connectivity index (χ2v) is 6.70. The molecule has 2 aromatic carbocycles. The van der Waals surface area contributed by atoms with E-state index >= 15 is 0 Å². The molecule has 116 valence electrons. The zero-order valence-corrected chi connectivity index (χ0v) is 13.2. The molecule has 0 aliphatic heterocycles. The molecule has 0 saturated heterocycles. The summed E-state index contributed by atoms with van der Waals surface area (Å²) in [5.41, 5.74) is 2.12. The highest BCUT2D eigenvalue weighted by Crippen LogP contribution is 2.22. The van der Waals surface area contributed by atoms with Crippen molar-refractivity contribution in [2.45, 2.75) is 24.7 Å². The Labute approximate surface area is 130 Å². The molecule has 0 aliphatic rings. The molecule has 0 spiro atoms. The van der Waals surface area contributed by atoms with Crippen LogP contribution in [0.15, 0.2) is 53.4 Å². The number of rotatable bonds is 4. The number of benzene rings is 2. The van der Waals surface area contributed by atoms with E-state index in [0.717, 1.165) is 5.56 Å². The third-order valence-corrected chi connectivity index (χ3v) is 4.39. The van der Waals surface area contributed by atoms with Gasteiger partial charge in [0.15, 0.2) is 0 Å². The van der Waals surface area contributed by atoms with Crippen molar-refractivity contribution in [1.82, 2.24) is 0 Å². The summed E-state index contributed by atoms with van der Waals surface area (Å²) in [7, 11) is -3.74. The smallest absolute Gasteiger partial charge is 0.238 e. The average Bonchev–Trinajstić information content (AvgIpc) is 2.48. The van der Waals surface area contributed by atoms with Crippen LogP contribution in [0.1, 0.15) is 24.0 Å². The zero-order valence-electron chi connectivity index (χ0n) is 12.4. The van der Waals surface area contributed by atoms with E-state index in [2.05, 4.69) is 5.32 Å². The number of hydrogen-bond donors (Lipinski definition) is 2. The van der Waals surface area contributed by atoms with E-state index in [4.69, 9.17) is 5.14 Å². The summed E-state index contributed by atoms with van der Waals surface area (Å²) in [6.45, 7) is 3.54. The molecule has 22 heavy (non-hydrogen) atoms. The molecule has 0 unspecified atom stereocenters. The first-order chi connectivity index (χ1) is 10.3. The van der Waals surface area contributed by atoms with Crippen molar-refractivity contribution in [2.24, 2.45) is 5.14 Å². The maximum absolute atomic E-state index is 12.3. The molecule has 0 fully saturated rings. The quantitative estimate of drug-likeness (QED) is 0.907.